The standard InChI is InChI=1S/C17H18ClN/c18-16-8-4-2-6-13(16)11-17(19)15-10-9-12-5-1-3-7-14(12)15/h1-8,15,17H,9-11,19H2. The number of benzene rings is 2. The summed E-state index contributed by atoms with van der Waals surface area (Å²) in [6, 6.07) is 16.8. The van der Waals surface area contributed by atoms with Gasteiger partial charge in [-0.2, -0.15) is 0 Å². The highest BCUT2D eigenvalue weighted by Crippen LogP contribution is 2.36. The van der Waals surface area contributed by atoms with E-state index in [9.17, 15) is 0 Å². The van der Waals surface area contributed by atoms with Crippen LogP contribution in [0.3, 0.4) is 0 Å². The Labute approximate surface area is 119 Å². The fourth-order valence-corrected chi connectivity index (χ4v) is 3.31. The number of rotatable bonds is 3. The second kappa shape index (κ2) is 5.36. The lowest BCUT2D eigenvalue weighted by Crippen LogP contribution is -2.29. The molecule has 0 amide bonds. The fourth-order valence-electron chi connectivity index (χ4n) is 3.09. The quantitative estimate of drug-likeness (QED) is 0.899. The molecule has 1 nitrogen and oxygen atoms in total. The van der Waals surface area contributed by atoms with Gasteiger partial charge in [-0.25, -0.2) is 0 Å². The molecule has 1 aliphatic rings. The first-order chi connectivity index (χ1) is 9.25. The first kappa shape index (κ1) is 12.7. The van der Waals surface area contributed by atoms with Crippen molar-refractivity contribution in [3.05, 3.63) is 70.2 Å². The highest BCUT2D eigenvalue weighted by atomic mass is 35.5. The smallest absolute Gasteiger partial charge is 0.0438 e. The maximum atomic E-state index is 6.44. The largest absolute Gasteiger partial charge is 0.327 e. The van der Waals surface area contributed by atoms with E-state index in [2.05, 4.69) is 30.3 Å². The summed E-state index contributed by atoms with van der Waals surface area (Å²) in [5.41, 5.74) is 10.5. The predicted octanol–water partition coefficient (Wildman–Crippen LogP) is 3.94. The van der Waals surface area contributed by atoms with E-state index in [1.165, 1.54) is 11.1 Å². The molecule has 2 aromatic rings. The third-order valence-electron chi connectivity index (χ3n) is 4.11. The topological polar surface area (TPSA) is 26.0 Å². The summed E-state index contributed by atoms with van der Waals surface area (Å²) in [5, 5.41) is 0.823. The zero-order valence-electron chi connectivity index (χ0n) is 10.9. The van der Waals surface area contributed by atoms with E-state index in [1.54, 1.807) is 0 Å². The maximum absolute atomic E-state index is 6.44. The molecule has 19 heavy (non-hydrogen) atoms. The molecule has 0 bridgehead atoms. The Morgan fingerprint density at radius 2 is 1.84 bits per heavy atom. The normalized spacial score (nSPS) is 19.2. The SMILES string of the molecule is NC(Cc1ccccc1Cl)C1CCc2ccccc21. The average Bonchev–Trinajstić information content (AvgIpc) is 2.85. The second-order valence-corrected chi connectivity index (χ2v) is 5.71. The molecule has 0 radical (unpaired) electrons. The molecular weight excluding hydrogens is 254 g/mol. The summed E-state index contributed by atoms with van der Waals surface area (Å²) in [5.74, 6) is 0.465. The molecule has 0 saturated heterocycles. The molecule has 0 fully saturated rings. The van der Waals surface area contributed by atoms with Crippen molar-refractivity contribution >= 4 is 11.6 Å². The van der Waals surface area contributed by atoms with Gasteiger partial charge in [0.15, 0.2) is 0 Å². The van der Waals surface area contributed by atoms with E-state index >= 15 is 0 Å². The number of nitrogens with two attached hydrogens (primary N) is 1. The van der Waals surface area contributed by atoms with Gasteiger partial charge in [-0.3, -0.25) is 0 Å². The summed E-state index contributed by atoms with van der Waals surface area (Å²) in [7, 11) is 0. The van der Waals surface area contributed by atoms with Gasteiger partial charge in [-0.1, -0.05) is 54.1 Å². The number of hydrogen-bond donors (Lipinski definition) is 1. The molecule has 0 aromatic heterocycles. The Balaban J connectivity index is 1.79. The Morgan fingerprint density at radius 1 is 1.11 bits per heavy atom. The van der Waals surface area contributed by atoms with Crippen LogP contribution < -0.4 is 5.73 Å². The maximum Gasteiger partial charge on any atom is 0.0438 e. The Hall–Kier alpha value is -1.31. The van der Waals surface area contributed by atoms with Crippen molar-refractivity contribution in [2.45, 2.75) is 31.2 Å². The lowest BCUT2D eigenvalue weighted by Gasteiger charge is -2.21. The van der Waals surface area contributed by atoms with Crippen molar-refractivity contribution in [2.75, 3.05) is 0 Å². The van der Waals surface area contributed by atoms with Crippen LogP contribution in [0.4, 0.5) is 0 Å². The molecule has 2 heteroatoms. The van der Waals surface area contributed by atoms with E-state index in [0.717, 1.165) is 29.8 Å². The molecule has 0 spiro atoms. The van der Waals surface area contributed by atoms with Crippen molar-refractivity contribution in [1.82, 2.24) is 0 Å². The second-order valence-electron chi connectivity index (χ2n) is 5.30. The highest BCUT2D eigenvalue weighted by Gasteiger charge is 2.27. The van der Waals surface area contributed by atoms with Crippen LogP contribution in [-0.4, -0.2) is 6.04 Å². The van der Waals surface area contributed by atoms with Crippen LogP contribution in [0.25, 0.3) is 0 Å². The van der Waals surface area contributed by atoms with Crippen molar-refractivity contribution in [3.63, 3.8) is 0 Å². The Bertz CT molecular complexity index is 579. The van der Waals surface area contributed by atoms with Crippen molar-refractivity contribution in [1.29, 1.82) is 0 Å². The van der Waals surface area contributed by atoms with Crippen LogP contribution in [0, 0.1) is 0 Å². The minimum absolute atomic E-state index is 0.142. The molecule has 2 aromatic carbocycles. The summed E-state index contributed by atoms with van der Waals surface area (Å²) in [6.07, 6.45) is 3.15. The zero-order chi connectivity index (χ0) is 13.2. The molecule has 3 rings (SSSR count). The highest BCUT2D eigenvalue weighted by molar-refractivity contribution is 6.31. The average molecular weight is 272 g/mol. The van der Waals surface area contributed by atoms with Crippen LogP contribution >= 0.6 is 11.6 Å². The minimum Gasteiger partial charge on any atom is -0.327 e. The number of fused-ring (bicyclic) bond motifs is 1. The van der Waals surface area contributed by atoms with E-state index in [1.807, 2.05) is 18.2 Å². The first-order valence-corrected chi connectivity index (χ1v) is 7.20. The predicted molar refractivity (Wildman–Crippen MR) is 80.6 cm³/mol. The van der Waals surface area contributed by atoms with Gasteiger partial charge in [0.2, 0.25) is 0 Å². The lowest BCUT2D eigenvalue weighted by molar-refractivity contribution is 0.525. The minimum atomic E-state index is 0.142. The van der Waals surface area contributed by atoms with Gasteiger partial charge in [0, 0.05) is 11.1 Å². The zero-order valence-corrected chi connectivity index (χ0v) is 11.6. The Morgan fingerprint density at radius 3 is 2.68 bits per heavy atom. The molecule has 1 aliphatic carbocycles. The molecule has 0 aliphatic heterocycles. The molecule has 2 N–H and O–H groups in total. The number of hydrogen-bond acceptors (Lipinski definition) is 1. The molecule has 2 atom stereocenters. The Kier molecular flexibility index (Phi) is 3.58. The lowest BCUT2D eigenvalue weighted by atomic mass is 9.89. The van der Waals surface area contributed by atoms with Crippen LogP contribution in [0.1, 0.15) is 29.0 Å². The molecule has 0 saturated carbocycles. The van der Waals surface area contributed by atoms with E-state index in [0.29, 0.717) is 5.92 Å². The van der Waals surface area contributed by atoms with E-state index < -0.39 is 0 Å². The van der Waals surface area contributed by atoms with Crippen LogP contribution in [-0.2, 0) is 12.8 Å². The molecule has 2 unspecified atom stereocenters. The van der Waals surface area contributed by atoms with Gasteiger partial charge in [0.05, 0.1) is 0 Å². The third-order valence-corrected chi connectivity index (χ3v) is 4.48. The van der Waals surface area contributed by atoms with Gasteiger partial charge in [-0.05, 0) is 47.9 Å². The number of halogens is 1. The van der Waals surface area contributed by atoms with E-state index in [-0.39, 0.29) is 6.04 Å². The van der Waals surface area contributed by atoms with Crippen molar-refractivity contribution < 1.29 is 0 Å². The monoisotopic (exact) mass is 271 g/mol. The van der Waals surface area contributed by atoms with Crippen molar-refractivity contribution in [2.24, 2.45) is 5.73 Å². The van der Waals surface area contributed by atoms with Gasteiger partial charge in [0.25, 0.3) is 0 Å². The van der Waals surface area contributed by atoms with Crippen LogP contribution in [0.2, 0.25) is 5.02 Å². The van der Waals surface area contributed by atoms with Crippen LogP contribution in [0.15, 0.2) is 48.5 Å². The molecule has 0 heterocycles. The summed E-state index contributed by atoms with van der Waals surface area (Å²) < 4.78 is 0. The summed E-state index contributed by atoms with van der Waals surface area (Å²) >= 11 is 6.22. The van der Waals surface area contributed by atoms with Gasteiger partial charge in [-0.15, -0.1) is 0 Å². The third kappa shape index (κ3) is 2.54. The molecule has 98 valence electrons. The van der Waals surface area contributed by atoms with Crippen molar-refractivity contribution in [3.8, 4) is 0 Å². The van der Waals surface area contributed by atoms with E-state index in [4.69, 9.17) is 17.3 Å². The summed E-state index contributed by atoms with van der Waals surface area (Å²) in [4.78, 5) is 0. The van der Waals surface area contributed by atoms with Gasteiger partial charge in [0.1, 0.15) is 0 Å². The molecular formula is C17H18ClN. The fraction of sp³-hybridized carbons (Fsp3) is 0.294. The summed E-state index contributed by atoms with van der Waals surface area (Å²) in [6.45, 7) is 0. The van der Waals surface area contributed by atoms with Gasteiger partial charge < -0.3 is 5.73 Å². The van der Waals surface area contributed by atoms with Gasteiger partial charge >= 0.3 is 0 Å². The number of aryl methyl sites for hydroxylation is 1. The van der Waals surface area contributed by atoms with Crippen LogP contribution in [0.5, 0.6) is 0 Å². The first-order valence-electron chi connectivity index (χ1n) is 6.82.